The lowest BCUT2D eigenvalue weighted by Gasteiger charge is -2.22. The van der Waals surface area contributed by atoms with Crippen LogP contribution in [0.3, 0.4) is 0 Å². The Hall–Kier alpha value is -4.69. The van der Waals surface area contributed by atoms with Crippen molar-refractivity contribution < 1.29 is 33.2 Å². The largest absolute Gasteiger partial charge is 0.484 e. The van der Waals surface area contributed by atoms with Crippen LogP contribution >= 0.6 is 11.3 Å². The van der Waals surface area contributed by atoms with Gasteiger partial charge in [-0.2, -0.15) is 0 Å². The first-order chi connectivity index (χ1) is 20.6. The number of nitrogens with one attached hydrogen (secondary N) is 1. The second kappa shape index (κ2) is 12.7. The molecule has 0 unspecified atom stereocenters. The molecular weight excluding hydrogens is 579 g/mol. The molecule has 0 aliphatic rings. The van der Waals surface area contributed by atoms with Crippen LogP contribution in [-0.2, 0) is 4.74 Å². The number of aliphatic hydroxyl groups is 1. The van der Waals surface area contributed by atoms with Crippen molar-refractivity contribution in [3.8, 4) is 28.2 Å². The molecule has 0 fully saturated rings. The first-order valence-electron chi connectivity index (χ1n) is 13.3. The number of amides is 1. The quantitative estimate of drug-likeness (QED) is 0.212. The van der Waals surface area contributed by atoms with Gasteiger partial charge in [0.25, 0.3) is 0 Å². The van der Waals surface area contributed by atoms with Crippen LogP contribution < -0.4 is 19.5 Å². The van der Waals surface area contributed by atoms with Crippen molar-refractivity contribution in [2.75, 3.05) is 19.0 Å². The Morgan fingerprint density at radius 2 is 1.77 bits per heavy atom. The summed E-state index contributed by atoms with van der Waals surface area (Å²) in [7, 11) is 1.53. The third-order valence-corrected chi connectivity index (χ3v) is 7.41. The summed E-state index contributed by atoms with van der Waals surface area (Å²) in [6, 6.07) is 6.84. The highest BCUT2D eigenvalue weighted by molar-refractivity contribution is 7.21. The Labute approximate surface area is 249 Å². The number of aryl methyl sites for hydroxylation is 1. The van der Waals surface area contributed by atoms with Gasteiger partial charge in [0, 0.05) is 17.7 Å². The smallest absolute Gasteiger partial charge is 0.412 e. The molecule has 0 saturated carbocycles. The van der Waals surface area contributed by atoms with Crippen LogP contribution in [0.5, 0.6) is 17.6 Å². The number of anilines is 1. The van der Waals surface area contributed by atoms with E-state index in [1.54, 1.807) is 33.0 Å². The van der Waals surface area contributed by atoms with Gasteiger partial charge in [-0.3, -0.25) is 5.32 Å². The van der Waals surface area contributed by atoms with E-state index in [1.807, 2.05) is 19.1 Å². The van der Waals surface area contributed by atoms with E-state index in [4.69, 9.17) is 24.1 Å². The van der Waals surface area contributed by atoms with Crippen molar-refractivity contribution >= 4 is 44.4 Å². The number of aliphatic hydroxyl groups excluding tert-OH is 1. The van der Waals surface area contributed by atoms with E-state index in [0.717, 1.165) is 11.1 Å². The van der Waals surface area contributed by atoms with Crippen molar-refractivity contribution in [1.29, 1.82) is 0 Å². The zero-order valence-electron chi connectivity index (χ0n) is 24.0. The van der Waals surface area contributed by atoms with Crippen molar-refractivity contribution in [2.45, 2.75) is 46.0 Å². The van der Waals surface area contributed by atoms with Crippen LogP contribution in [0.25, 0.3) is 31.8 Å². The third kappa shape index (κ3) is 6.87. The molecule has 0 saturated heterocycles. The summed E-state index contributed by atoms with van der Waals surface area (Å²) in [5.41, 5.74) is 3.83. The molecule has 0 spiro atoms. The normalized spacial score (nSPS) is 13.4. The van der Waals surface area contributed by atoms with Gasteiger partial charge in [0.05, 0.1) is 59.2 Å². The zero-order chi connectivity index (χ0) is 30.7. The molecule has 3 aromatic heterocycles. The summed E-state index contributed by atoms with van der Waals surface area (Å²) in [5.74, 6) is -0.183. The highest BCUT2D eigenvalue weighted by atomic mass is 32.1. The lowest BCUT2D eigenvalue weighted by Crippen LogP contribution is -2.32. The fourth-order valence-electron chi connectivity index (χ4n) is 4.01. The molecular formula is C29H29FN6O6S. The number of fused-ring (bicyclic) bond motifs is 2. The number of nitrogens with zero attached hydrogens (tertiary/aromatic N) is 5. The molecule has 12 nitrogen and oxygen atoms in total. The Balaban J connectivity index is 1.27. The van der Waals surface area contributed by atoms with E-state index in [-0.39, 0.29) is 24.1 Å². The molecule has 14 heteroatoms. The summed E-state index contributed by atoms with van der Waals surface area (Å²) in [4.78, 5) is 34.0. The highest BCUT2D eigenvalue weighted by Crippen LogP contribution is 2.37. The average Bonchev–Trinajstić information content (AvgIpc) is 3.39. The number of aromatic nitrogens is 5. The fourth-order valence-corrected chi connectivity index (χ4v) is 5.00. The summed E-state index contributed by atoms with van der Waals surface area (Å²) in [5, 5.41) is 12.2. The maximum absolute atomic E-state index is 15.1. The SMILES string of the molecule is COc1cnc2c(-c3nc4cc(F)c(O[C@@H](C)[C@@H](C)OC(=O)Nc5cnc(O[C@@H](C)CO)nc5)cc4s3)cc(C)cc2n1. The summed E-state index contributed by atoms with van der Waals surface area (Å²) >= 11 is 1.37. The molecule has 0 aliphatic heterocycles. The zero-order valence-corrected chi connectivity index (χ0v) is 24.8. The minimum Gasteiger partial charge on any atom is -0.484 e. The van der Waals surface area contributed by atoms with Gasteiger partial charge in [-0.1, -0.05) is 0 Å². The van der Waals surface area contributed by atoms with Gasteiger partial charge in [-0.15, -0.1) is 11.3 Å². The van der Waals surface area contributed by atoms with Gasteiger partial charge in [0.1, 0.15) is 23.3 Å². The predicted octanol–water partition coefficient (Wildman–Crippen LogP) is 5.32. The third-order valence-electron chi connectivity index (χ3n) is 6.36. The number of rotatable bonds is 10. The van der Waals surface area contributed by atoms with Crippen molar-refractivity contribution in [1.82, 2.24) is 24.9 Å². The molecule has 0 bridgehead atoms. The van der Waals surface area contributed by atoms with E-state index in [1.165, 1.54) is 36.9 Å². The number of halogens is 1. The maximum atomic E-state index is 15.1. The molecule has 2 aromatic carbocycles. The van der Waals surface area contributed by atoms with Gasteiger partial charge in [0.2, 0.25) is 5.88 Å². The highest BCUT2D eigenvalue weighted by Gasteiger charge is 2.22. The van der Waals surface area contributed by atoms with Crippen LogP contribution in [0.1, 0.15) is 26.3 Å². The number of methoxy groups -OCH3 is 1. The second-order valence-electron chi connectivity index (χ2n) is 9.79. The van der Waals surface area contributed by atoms with E-state index in [2.05, 4.69) is 30.2 Å². The van der Waals surface area contributed by atoms with E-state index in [9.17, 15) is 4.79 Å². The number of carbonyl (C=O) groups is 1. The summed E-state index contributed by atoms with van der Waals surface area (Å²) in [6.07, 6.45) is 1.56. The Morgan fingerprint density at radius 3 is 2.49 bits per heavy atom. The van der Waals surface area contributed by atoms with Crippen LogP contribution in [0.15, 0.2) is 42.9 Å². The van der Waals surface area contributed by atoms with Crippen molar-refractivity contribution in [3.05, 3.63) is 54.2 Å². The Bertz CT molecular complexity index is 1770. The number of ether oxygens (including phenoxy) is 4. The first kappa shape index (κ1) is 29.8. The lowest BCUT2D eigenvalue weighted by molar-refractivity contribution is 0.0402. The minimum absolute atomic E-state index is 0.00535. The van der Waals surface area contributed by atoms with Gasteiger partial charge < -0.3 is 24.1 Å². The van der Waals surface area contributed by atoms with Gasteiger partial charge in [-0.05, 0) is 45.4 Å². The molecule has 0 radical (unpaired) electrons. The lowest BCUT2D eigenvalue weighted by atomic mass is 10.1. The van der Waals surface area contributed by atoms with Gasteiger partial charge in [0.15, 0.2) is 11.6 Å². The van der Waals surface area contributed by atoms with Crippen LogP contribution in [0.4, 0.5) is 14.9 Å². The molecule has 5 rings (SSSR count). The average molecular weight is 609 g/mol. The maximum Gasteiger partial charge on any atom is 0.412 e. The van der Waals surface area contributed by atoms with E-state index in [0.29, 0.717) is 32.1 Å². The number of thiazole rings is 1. The fraction of sp³-hybridized carbons (Fsp3) is 0.310. The monoisotopic (exact) mass is 608 g/mol. The number of hydrogen-bond acceptors (Lipinski definition) is 12. The van der Waals surface area contributed by atoms with Crippen molar-refractivity contribution in [3.63, 3.8) is 0 Å². The van der Waals surface area contributed by atoms with Crippen molar-refractivity contribution in [2.24, 2.45) is 0 Å². The van der Waals surface area contributed by atoms with Gasteiger partial charge in [-0.25, -0.2) is 34.1 Å². The Morgan fingerprint density at radius 1 is 1.00 bits per heavy atom. The van der Waals surface area contributed by atoms with Gasteiger partial charge >= 0.3 is 12.1 Å². The molecule has 43 heavy (non-hydrogen) atoms. The molecule has 3 atom stereocenters. The molecule has 2 N–H and O–H groups in total. The predicted molar refractivity (Wildman–Crippen MR) is 158 cm³/mol. The van der Waals surface area contributed by atoms with E-state index < -0.39 is 30.2 Å². The van der Waals surface area contributed by atoms with Crippen LogP contribution in [-0.4, -0.2) is 68.1 Å². The van der Waals surface area contributed by atoms with Crippen LogP contribution in [0, 0.1) is 12.7 Å². The molecule has 0 aliphatic carbocycles. The second-order valence-corrected chi connectivity index (χ2v) is 10.8. The molecule has 1 amide bonds. The molecule has 224 valence electrons. The standard InChI is InChI=1S/C29H29FN6O6S/c1-14-6-19(26-22(7-14)35-25(39-5)12-31-26)27-36-21-8-20(30)23(9-24(21)43-27)41-16(3)17(4)42-29(38)34-18-10-32-28(33-11-18)40-15(2)13-37/h6-12,15-17,37H,13H2,1-5H3,(H,34,38)/t15-,16-,17+/m0/s1. The number of benzene rings is 2. The Kier molecular flexibility index (Phi) is 8.78. The number of carbonyl (C=O) groups excluding carboxylic acids is 1. The summed E-state index contributed by atoms with van der Waals surface area (Å²) < 4.78 is 37.6. The van der Waals surface area contributed by atoms with Crippen LogP contribution in [0.2, 0.25) is 0 Å². The number of hydrogen-bond donors (Lipinski definition) is 2. The van der Waals surface area contributed by atoms with E-state index >= 15 is 4.39 Å². The first-order valence-corrected chi connectivity index (χ1v) is 14.1. The molecule has 5 aromatic rings. The molecule has 3 heterocycles. The topological polar surface area (TPSA) is 151 Å². The minimum atomic E-state index is -0.766. The summed E-state index contributed by atoms with van der Waals surface area (Å²) in [6.45, 7) is 6.73.